The van der Waals surface area contributed by atoms with E-state index in [0.717, 1.165) is 17.8 Å². The number of carbonyl (C=O) groups is 2. The lowest BCUT2D eigenvalue weighted by Crippen LogP contribution is -2.39. The molecule has 5 nitrogen and oxygen atoms in total. The molecule has 0 N–H and O–H groups in total. The number of methoxy groups -OCH3 is 1. The first kappa shape index (κ1) is 17.0. The monoisotopic (exact) mass is 368 g/mol. The molecule has 0 bridgehead atoms. The highest BCUT2D eigenvalue weighted by Crippen LogP contribution is 2.43. The predicted octanol–water partition coefficient (Wildman–Crippen LogP) is 2.42. The van der Waals surface area contributed by atoms with Crippen molar-refractivity contribution >= 4 is 33.5 Å². The first-order valence-corrected chi connectivity index (χ1v) is 7.88. The number of anilines is 1. The Labute approximate surface area is 139 Å². The van der Waals surface area contributed by atoms with Crippen molar-refractivity contribution in [3.05, 3.63) is 27.7 Å². The van der Waals surface area contributed by atoms with E-state index in [4.69, 9.17) is 4.74 Å². The predicted molar refractivity (Wildman–Crippen MR) is 89.4 cm³/mol. The molecule has 0 unspecified atom stereocenters. The minimum Gasteiger partial charge on any atom is -0.465 e. The number of esters is 1. The van der Waals surface area contributed by atoms with Gasteiger partial charge in [0.1, 0.15) is 0 Å². The molecular weight excluding hydrogens is 348 g/mol. The van der Waals surface area contributed by atoms with E-state index >= 15 is 0 Å². The summed E-state index contributed by atoms with van der Waals surface area (Å²) < 4.78 is 5.46. The maximum Gasteiger partial charge on any atom is 0.339 e. The van der Waals surface area contributed by atoms with Gasteiger partial charge >= 0.3 is 5.97 Å². The SMILES string of the molecule is COC(=O)c1cc2c(cc1Br)C(C)(C)C(=O)N2CCN(C)C. The maximum absolute atomic E-state index is 12.7. The molecule has 1 aliphatic rings. The summed E-state index contributed by atoms with van der Waals surface area (Å²) in [6.45, 7) is 5.16. The fourth-order valence-electron chi connectivity index (χ4n) is 2.64. The Morgan fingerprint density at radius 3 is 2.55 bits per heavy atom. The number of benzene rings is 1. The Balaban J connectivity index is 2.52. The topological polar surface area (TPSA) is 49.9 Å². The molecule has 120 valence electrons. The highest BCUT2D eigenvalue weighted by Gasteiger charge is 2.44. The number of rotatable bonds is 4. The van der Waals surface area contributed by atoms with Crippen molar-refractivity contribution in [3.8, 4) is 0 Å². The van der Waals surface area contributed by atoms with E-state index in [1.165, 1.54) is 7.11 Å². The summed E-state index contributed by atoms with van der Waals surface area (Å²) in [5.41, 5.74) is 1.55. The van der Waals surface area contributed by atoms with Crippen LogP contribution in [0.3, 0.4) is 0 Å². The lowest BCUT2D eigenvalue weighted by Gasteiger charge is -2.22. The summed E-state index contributed by atoms with van der Waals surface area (Å²) in [7, 11) is 5.28. The smallest absolute Gasteiger partial charge is 0.339 e. The van der Waals surface area contributed by atoms with Gasteiger partial charge in [0.2, 0.25) is 5.91 Å². The van der Waals surface area contributed by atoms with E-state index < -0.39 is 11.4 Å². The van der Waals surface area contributed by atoms with E-state index in [1.54, 1.807) is 11.0 Å². The Morgan fingerprint density at radius 1 is 1.36 bits per heavy atom. The summed E-state index contributed by atoms with van der Waals surface area (Å²) in [4.78, 5) is 28.4. The highest BCUT2D eigenvalue weighted by molar-refractivity contribution is 9.10. The molecule has 22 heavy (non-hydrogen) atoms. The number of likely N-dealkylation sites (N-methyl/N-ethyl adjacent to an activating group) is 1. The molecule has 0 aliphatic carbocycles. The molecule has 1 amide bonds. The second-order valence-corrected chi connectivity index (χ2v) is 7.08. The second kappa shape index (κ2) is 6.01. The van der Waals surface area contributed by atoms with Crippen molar-refractivity contribution in [1.29, 1.82) is 0 Å². The molecule has 0 spiro atoms. The Hall–Kier alpha value is -1.40. The van der Waals surface area contributed by atoms with E-state index in [9.17, 15) is 9.59 Å². The van der Waals surface area contributed by atoms with E-state index in [1.807, 2.05) is 38.9 Å². The number of carbonyl (C=O) groups excluding carboxylic acids is 2. The largest absolute Gasteiger partial charge is 0.465 e. The number of nitrogens with zero attached hydrogens (tertiary/aromatic N) is 2. The van der Waals surface area contributed by atoms with E-state index in [-0.39, 0.29) is 5.91 Å². The molecule has 0 saturated carbocycles. The first-order chi connectivity index (χ1) is 10.2. The number of ether oxygens (including phenoxy) is 1. The Kier molecular flexibility index (Phi) is 4.63. The Morgan fingerprint density at radius 2 is 2.00 bits per heavy atom. The van der Waals surface area contributed by atoms with Crippen molar-refractivity contribution < 1.29 is 14.3 Å². The fraction of sp³-hybridized carbons (Fsp3) is 0.500. The van der Waals surface area contributed by atoms with Gasteiger partial charge in [0.05, 0.1) is 18.1 Å². The summed E-state index contributed by atoms with van der Waals surface area (Å²) in [6.07, 6.45) is 0. The lowest BCUT2D eigenvalue weighted by atomic mass is 9.86. The first-order valence-electron chi connectivity index (χ1n) is 7.09. The zero-order chi connectivity index (χ0) is 16.7. The van der Waals surface area contributed by atoms with Crippen LogP contribution in [0.25, 0.3) is 0 Å². The van der Waals surface area contributed by atoms with Crippen LogP contribution in [0.5, 0.6) is 0 Å². The van der Waals surface area contributed by atoms with E-state index in [2.05, 4.69) is 15.9 Å². The molecule has 0 aromatic heterocycles. The molecule has 0 atom stereocenters. The number of fused-ring (bicyclic) bond motifs is 1. The third kappa shape index (κ3) is 2.77. The van der Waals surface area contributed by atoms with Crippen molar-refractivity contribution in [2.45, 2.75) is 19.3 Å². The molecule has 0 saturated heterocycles. The molecule has 1 aromatic carbocycles. The van der Waals surface area contributed by atoms with Crippen molar-refractivity contribution in [1.82, 2.24) is 4.90 Å². The number of hydrogen-bond acceptors (Lipinski definition) is 4. The average molecular weight is 369 g/mol. The van der Waals surface area contributed by atoms with Crippen LogP contribution < -0.4 is 4.90 Å². The quantitative estimate of drug-likeness (QED) is 0.765. The van der Waals surface area contributed by atoms with Gasteiger partial charge in [-0.15, -0.1) is 0 Å². The molecule has 2 rings (SSSR count). The van der Waals surface area contributed by atoms with Gasteiger partial charge in [-0.05, 0) is 61.6 Å². The summed E-state index contributed by atoms with van der Waals surface area (Å²) in [6, 6.07) is 3.60. The average Bonchev–Trinajstić information content (AvgIpc) is 2.63. The van der Waals surface area contributed by atoms with Gasteiger partial charge in [0, 0.05) is 23.2 Å². The minimum atomic E-state index is -0.598. The van der Waals surface area contributed by atoms with Crippen molar-refractivity contribution in [2.24, 2.45) is 0 Å². The number of amides is 1. The lowest BCUT2D eigenvalue weighted by molar-refractivity contribution is -0.122. The fourth-order valence-corrected chi connectivity index (χ4v) is 3.14. The van der Waals surface area contributed by atoms with Gasteiger partial charge in [-0.1, -0.05) is 0 Å². The zero-order valence-electron chi connectivity index (χ0n) is 13.6. The summed E-state index contributed by atoms with van der Waals surface area (Å²) in [5.74, 6) is -0.363. The van der Waals surface area contributed by atoms with Crippen LogP contribution >= 0.6 is 15.9 Å². The van der Waals surface area contributed by atoms with Crippen LogP contribution in [-0.2, 0) is 14.9 Å². The molecule has 6 heteroatoms. The van der Waals surface area contributed by atoms with Crippen LogP contribution in [0.2, 0.25) is 0 Å². The van der Waals surface area contributed by atoms with Gasteiger partial charge in [-0.3, -0.25) is 4.79 Å². The van der Waals surface area contributed by atoms with Gasteiger partial charge < -0.3 is 14.5 Å². The molecule has 1 aromatic rings. The molecule has 0 fully saturated rings. The van der Waals surface area contributed by atoms with Crippen molar-refractivity contribution in [3.63, 3.8) is 0 Å². The molecule has 0 radical (unpaired) electrons. The van der Waals surface area contributed by atoms with Gasteiger partial charge in [0.15, 0.2) is 0 Å². The zero-order valence-corrected chi connectivity index (χ0v) is 15.2. The van der Waals surface area contributed by atoms with Gasteiger partial charge in [-0.2, -0.15) is 0 Å². The van der Waals surface area contributed by atoms with Gasteiger partial charge in [-0.25, -0.2) is 4.79 Å². The van der Waals surface area contributed by atoms with Crippen molar-refractivity contribution in [2.75, 3.05) is 39.2 Å². The van der Waals surface area contributed by atoms with Gasteiger partial charge in [0.25, 0.3) is 0 Å². The summed E-state index contributed by atoms with van der Waals surface area (Å²) in [5, 5.41) is 0. The van der Waals surface area contributed by atoms with Crippen LogP contribution in [0, 0.1) is 0 Å². The third-order valence-corrected chi connectivity index (χ3v) is 4.66. The molecule has 1 heterocycles. The standard InChI is InChI=1S/C16H21BrN2O3/c1-16(2)11-9-12(17)10(14(20)22-5)8-13(11)19(15(16)21)7-6-18(3)4/h8-9H,6-7H2,1-5H3. The summed E-state index contributed by atoms with van der Waals surface area (Å²) >= 11 is 3.41. The number of halogens is 1. The highest BCUT2D eigenvalue weighted by atomic mass is 79.9. The van der Waals surface area contributed by atoms with Crippen LogP contribution in [0.15, 0.2) is 16.6 Å². The second-order valence-electron chi connectivity index (χ2n) is 6.23. The molecular formula is C16H21BrN2O3. The normalized spacial score (nSPS) is 16.1. The Bertz CT molecular complexity index is 626. The van der Waals surface area contributed by atoms with E-state index in [0.29, 0.717) is 16.6 Å². The third-order valence-electron chi connectivity index (χ3n) is 4.01. The number of hydrogen-bond donors (Lipinski definition) is 0. The van der Waals surface area contributed by atoms with Crippen LogP contribution in [0.1, 0.15) is 29.8 Å². The van der Waals surface area contributed by atoms with Crippen LogP contribution in [-0.4, -0.2) is 51.1 Å². The van der Waals surface area contributed by atoms with Crippen LogP contribution in [0.4, 0.5) is 5.69 Å². The minimum absolute atomic E-state index is 0.0539. The maximum atomic E-state index is 12.7. The molecule has 1 aliphatic heterocycles.